The summed E-state index contributed by atoms with van der Waals surface area (Å²) >= 11 is 10.0. The molecular weight excluding hydrogens is 638 g/mol. The Hall–Kier alpha value is -4.26. The summed E-state index contributed by atoms with van der Waals surface area (Å²) in [5.41, 5.74) is 1.85. The number of aromatic nitrogens is 4. The van der Waals surface area contributed by atoms with E-state index in [0.29, 0.717) is 22.8 Å². The van der Waals surface area contributed by atoms with Crippen LogP contribution >= 0.6 is 39.9 Å². The molecule has 0 spiro atoms. The zero-order valence-corrected chi connectivity index (χ0v) is 25.8. The van der Waals surface area contributed by atoms with E-state index in [-0.39, 0.29) is 31.9 Å². The van der Waals surface area contributed by atoms with E-state index in [0.717, 1.165) is 21.8 Å². The fraction of sp³-hybridized carbons (Fsp3) is 0.100. The van der Waals surface area contributed by atoms with Gasteiger partial charge in [0, 0.05) is 17.7 Å². The molecule has 1 saturated heterocycles. The number of pyridine rings is 1. The fourth-order valence-electron chi connectivity index (χ4n) is 4.71. The lowest BCUT2D eigenvalue weighted by Crippen LogP contribution is -2.33. The molecule has 3 aromatic heterocycles. The maximum atomic E-state index is 13.8. The highest BCUT2D eigenvalue weighted by Crippen LogP contribution is 2.37. The van der Waals surface area contributed by atoms with Crippen LogP contribution in [-0.4, -0.2) is 29.0 Å². The number of carbonyl (C=O) groups excluding carboxylic acids is 1. The highest BCUT2D eigenvalue weighted by Gasteiger charge is 2.38. The maximum Gasteiger partial charge on any atom is 0.296 e. The number of halogens is 1. The van der Waals surface area contributed by atoms with Gasteiger partial charge in [0.15, 0.2) is 4.32 Å². The van der Waals surface area contributed by atoms with Gasteiger partial charge < -0.3 is 4.74 Å². The van der Waals surface area contributed by atoms with Gasteiger partial charge in [-0.15, -0.1) is 0 Å². The second kappa shape index (κ2) is 10.9. The first-order valence-corrected chi connectivity index (χ1v) is 14.7. The van der Waals surface area contributed by atoms with Crippen LogP contribution in [0.1, 0.15) is 16.8 Å². The summed E-state index contributed by atoms with van der Waals surface area (Å²) < 4.78 is 11.7. The Labute approximate surface area is 257 Å². The molecule has 1 aliphatic rings. The summed E-state index contributed by atoms with van der Waals surface area (Å²) in [6.07, 6.45) is 3.05. The van der Waals surface area contributed by atoms with Crippen LogP contribution in [0.3, 0.4) is 0 Å². The Morgan fingerprint density at radius 2 is 1.67 bits per heavy atom. The highest BCUT2D eigenvalue weighted by atomic mass is 79.9. The first kappa shape index (κ1) is 27.9. The molecule has 0 aliphatic carbocycles. The minimum atomic E-state index is -0.514. The van der Waals surface area contributed by atoms with Crippen LogP contribution in [0.4, 0.5) is 5.69 Å². The first-order valence-electron chi connectivity index (χ1n) is 12.7. The van der Waals surface area contributed by atoms with E-state index in [1.54, 1.807) is 43.0 Å². The van der Waals surface area contributed by atoms with E-state index in [1.165, 1.54) is 20.1 Å². The number of anilines is 1. The maximum absolute atomic E-state index is 13.8. The van der Waals surface area contributed by atoms with Crippen molar-refractivity contribution in [1.29, 1.82) is 0 Å². The summed E-state index contributed by atoms with van der Waals surface area (Å²) in [6.45, 7) is 3.60. The van der Waals surface area contributed by atoms with Crippen molar-refractivity contribution in [1.82, 2.24) is 18.7 Å². The van der Waals surface area contributed by atoms with Gasteiger partial charge in [0.2, 0.25) is 5.88 Å². The van der Waals surface area contributed by atoms with E-state index < -0.39 is 11.5 Å². The lowest BCUT2D eigenvalue weighted by atomic mass is 10.2. The minimum absolute atomic E-state index is 0.0456. The molecule has 5 aromatic rings. The van der Waals surface area contributed by atoms with Crippen molar-refractivity contribution in [2.75, 3.05) is 4.90 Å². The third kappa shape index (κ3) is 4.71. The third-order valence-electron chi connectivity index (χ3n) is 6.89. The molecule has 0 radical (unpaired) electrons. The quantitative estimate of drug-likeness (QED) is 0.175. The lowest BCUT2D eigenvalue weighted by molar-refractivity contribution is -0.113. The molecule has 0 N–H and O–H groups in total. The second-order valence-corrected chi connectivity index (χ2v) is 12.1. The number of rotatable bonds is 5. The summed E-state index contributed by atoms with van der Waals surface area (Å²) in [7, 11) is 1.75. The van der Waals surface area contributed by atoms with Gasteiger partial charge in [-0.2, -0.15) is 4.98 Å². The van der Waals surface area contributed by atoms with Crippen LogP contribution in [0, 0.1) is 13.8 Å². The van der Waals surface area contributed by atoms with Gasteiger partial charge in [-0.25, -0.2) is 4.68 Å². The van der Waals surface area contributed by atoms with Gasteiger partial charge in [-0.05, 0) is 68.0 Å². The SMILES string of the molecule is Cc1cccn2c(=O)c(/C=C3\SC(=S)N(c4c(C)n(C)n(-c5ccccc5)c4=O)C3=O)c(Oc3ccc(Br)cc3)nc12. The van der Waals surface area contributed by atoms with Crippen molar-refractivity contribution in [3.63, 3.8) is 0 Å². The molecule has 6 rings (SSSR count). The van der Waals surface area contributed by atoms with Crippen molar-refractivity contribution in [3.8, 4) is 17.3 Å². The number of amides is 1. The van der Waals surface area contributed by atoms with Crippen LogP contribution in [0.5, 0.6) is 11.6 Å². The summed E-state index contributed by atoms with van der Waals surface area (Å²) in [5, 5.41) is 0. The van der Waals surface area contributed by atoms with Crippen molar-refractivity contribution in [2.45, 2.75) is 13.8 Å². The molecule has 1 fully saturated rings. The van der Waals surface area contributed by atoms with Crippen molar-refractivity contribution < 1.29 is 9.53 Å². The van der Waals surface area contributed by atoms with Crippen LogP contribution in [-0.2, 0) is 11.8 Å². The molecule has 2 aromatic carbocycles. The molecule has 9 nitrogen and oxygen atoms in total. The Kier molecular flexibility index (Phi) is 7.21. The molecular formula is C30H22BrN5O4S2. The Morgan fingerprint density at radius 3 is 2.38 bits per heavy atom. The van der Waals surface area contributed by atoms with Crippen molar-refractivity contribution in [3.05, 3.63) is 120 Å². The predicted molar refractivity (Wildman–Crippen MR) is 172 cm³/mol. The Bertz CT molecular complexity index is 2060. The monoisotopic (exact) mass is 659 g/mol. The predicted octanol–water partition coefficient (Wildman–Crippen LogP) is 5.76. The number of ether oxygens (including phenoxy) is 1. The molecule has 0 atom stereocenters. The van der Waals surface area contributed by atoms with Gasteiger partial charge in [0.25, 0.3) is 17.0 Å². The lowest BCUT2D eigenvalue weighted by Gasteiger charge is -2.13. The molecule has 210 valence electrons. The fourth-order valence-corrected chi connectivity index (χ4v) is 6.23. The normalized spacial score (nSPS) is 14.4. The molecule has 4 heterocycles. The number of benzene rings is 2. The van der Waals surface area contributed by atoms with E-state index in [4.69, 9.17) is 17.0 Å². The Morgan fingerprint density at radius 1 is 0.952 bits per heavy atom. The number of carbonyl (C=O) groups is 1. The number of nitrogens with zero attached hydrogens (tertiary/aromatic N) is 5. The highest BCUT2D eigenvalue weighted by molar-refractivity contribution is 9.10. The number of para-hydroxylation sites is 1. The topological polar surface area (TPSA) is 90.8 Å². The van der Waals surface area contributed by atoms with Gasteiger partial charge in [-0.3, -0.25) is 28.4 Å². The van der Waals surface area contributed by atoms with Gasteiger partial charge >= 0.3 is 0 Å². The summed E-state index contributed by atoms with van der Waals surface area (Å²) in [4.78, 5) is 47.3. The summed E-state index contributed by atoms with van der Waals surface area (Å²) in [5.74, 6) is -0.00448. The number of hydrogen-bond donors (Lipinski definition) is 0. The molecule has 42 heavy (non-hydrogen) atoms. The van der Waals surface area contributed by atoms with E-state index in [2.05, 4.69) is 20.9 Å². The molecule has 1 amide bonds. The number of thioether (sulfide) groups is 1. The smallest absolute Gasteiger partial charge is 0.296 e. The molecule has 0 bridgehead atoms. The van der Waals surface area contributed by atoms with E-state index in [9.17, 15) is 14.4 Å². The largest absolute Gasteiger partial charge is 0.438 e. The standard InChI is InChI=1S/C30H22BrN5O4S2/c1-17-8-7-15-34-25(17)32-26(40-21-13-11-19(31)12-14-21)22(27(34)37)16-23-28(38)35(30(41)42-23)24-18(2)33(3)36(29(24)39)20-9-5-4-6-10-20/h4-16H,1-3H3/b23-16-. The van der Waals surface area contributed by atoms with Gasteiger partial charge in [0.05, 0.1) is 16.3 Å². The third-order valence-corrected chi connectivity index (χ3v) is 8.72. The van der Waals surface area contributed by atoms with Gasteiger partial charge in [0.1, 0.15) is 22.6 Å². The van der Waals surface area contributed by atoms with Gasteiger partial charge in [-0.1, -0.05) is 64.2 Å². The summed E-state index contributed by atoms with van der Waals surface area (Å²) in [6, 6.07) is 19.8. The van der Waals surface area contributed by atoms with Crippen LogP contribution in [0.25, 0.3) is 17.4 Å². The van der Waals surface area contributed by atoms with Crippen molar-refractivity contribution >= 4 is 67.5 Å². The number of aryl methyl sites for hydroxylation is 1. The number of thiocarbonyl (C=S) groups is 1. The number of fused-ring (bicyclic) bond motifs is 1. The zero-order valence-electron chi connectivity index (χ0n) is 22.6. The van der Waals surface area contributed by atoms with Crippen molar-refractivity contribution in [2.24, 2.45) is 7.05 Å². The molecule has 0 saturated carbocycles. The van der Waals surface area contributed by atoms with Crippen LogP contribution in [0.2, 0.25) is 0 Å². The average Bonchev–Trinajstić information content (AvgIpc) is 3.37. The molecule has 0 unspecified atom stereocenters. The molecule has 1 aliphatic heterocycles. The average molecular weight is 661 g/mol. The Balaban J connectivity index is 1.47. The second-order valence-electron chi connectivity index (χ2n) is 9.50. The molecule has 12 heteroatoms. The number of hydrogen-bond acceptors (Lipinski definition) is 7. The zero-order chi connectivity index (χ0) is 29.7. The van der Waals surface area contributed by atoms with Crippen LogP contribution < -0.4 is 20.8 Å². The minimum Gasteiger partial charge on any atom is -0.438 e. The van der Waals surface area contributed by atoms with E-state index in [1.807, 2.05) is 55.5 Å². The van der Waals surface area contributed by atoms with E-state index >= 15 is 0 Å². The van der Waals surface area contributed by atoms with Crippen LogP contribution in [0.15, 0.2) is 91.9 Å². The first-order chi connectivity index (χ1) is 20.2.